The molecule has 6 nitrogen and oxygen atoms in total. The van der Waals surface area contributed by atoms with E-state index in [2.05, 4.69) is 5.32 Å². The zero-order valence-electron chi connectivity index (χ0n) is 16.6. The third-order valence-corrected chi connectivity index (χ3v) is 4.76. The Kier molecular flexibility index (Phi) is 6.41. The van der Waals surface area contributed by atoms with Crippen LogP contribution in [0.5, 0.6) is 17.2 Å². The van der Waals surface area contributed by atoms with E-state index in [1.807, 2.05) is 12.1 Å². The number of amides is 2. The SMILES string of the molecule is COc1cc2c(cc1OC)CN(C(=O)NC(C)COc1ccc(F)cc1F)CC2. The van der Waals surface area contributed by atoms with Gasteiger partial charge >= 0.3 is 6.03 Å². The number of rotatable bonds is 6. The normalized spacial score (nSPS) is 14.0. The Morgan fingerprint density at radius 1 is 1.10 bits per heavy atom. The molecule has 0 aliphatic carbocycles. The number of benzene rings is 2. The van der Waals surface area contributed by atoms with Gasteiger partial charge in [-0.1, -0.05) is 0 Å². The molecule has 0 radical (unpaired) electrons. The number of nitrogens with one attached hydrogen (secondary N) is 1. The molecule has 2 aromatic rings. The molecular formula is C21H24F2N2O4. The van der Waals surface area contributed by atoms with Crippen LogP contribution in [0.15, 0.2) is 30.3 Å². The molecule has 0 fully saturated rings. The highest BCUT2D eigenvalue weighted by molar-refractivity contribution is 5.75. The van der Waals surface area contributed by atoms with Gasteiger partial charge in [-0.15, -0.1) is 0 Å². The highest BCUT2D eigenvalue weighted by Crippen LogP contribution is 2.33. The van der Waals surface area contributed by atoms with Gasteiger partial charge in [0.2, 0.25) is 0 Å². The van der Waals surface area contributed by atoms with Crippen molar-refractivity contribution in [3.8, 4) is 17.2 Å². The van der Waals surface area contributed by atoms with Crippen LogP contribution in [0.3, 0.4) is 0 Å². The lowest BCUT2D eigenvalue weighted by atomic mass is 9.99. The molecule has 2 amide bonds. The fourth-order valence-corrected chi connectivity index (χ4v) is 3.21. The lowest BCUT2D eigenvalue weighted by molar-refractivity contribution is 0.181. The van der Waals surface area contributed by atoms with Crippen LogP contribution in [-0.4, -0.2) is 44.3 Å². The summed E-state index contributed by atoms with van der Waals surface area (Å²) in [5, 5.41) is 2.84. The van der Waals surface area contributed by atoms with Crippen LogP contribution >= 0.6 is 0 Å². The first-order valence-electron chi connectivity index (χ1n) is 9.28. The Labute approximate surface area is 168 Å². The highest BCUT2D eigenvalue weighted by atomic mass is 19.1. The number of carbonyl (C=O) groups is 1. The molecule has 2 aromatic carbocycles. The Bertz CT molecular complexity index is 891. The van der Waals surface area contributed by atoms with Crippen LogP contribution < -0.4 is 19.5 Å². The van der Waals surface area contributed by atoms with Crippen molar-refractivity contribution in [3.05, 3.63) is 53.1 Å². The maximum atomic E-state index is 13.6. The Morgan fingerprint density at radius 2 is 1.79 bits per heavy atom. The molecule has 0 aromatic heterocycles. The van der Waals surface area contributed by atoms with E-state index in [0.29, 0.717) is 31.0 Å². The second-order valence-corrected chi connectivity index (χ2v) is 6.88. The van der Waals surface area contributed by atoms with E-state index in [-0.39, 0.29) is 24.4 Å². The molecule has 1 unspecified atom stereocenters. The number of nitrogens with zero attached hydrogens (tertiary/aromatic N) is 1. The largest absolute Gasteiger partial charge is 0.493 e. The van der Waals surface area contributed by atoms with Crippen LogP contribution in [0.1, 0.15) is 18.1 Å². The van der Waals surface area contributed by atoms with E-state index in [9.17, 15) is 13.6 Å². The lowest BCUT2D eigenvalue weighted by Gasteiger charge is -2.30. The van der Waals surface area contributed by atoms with Crippen LogP contribution in [-0.2, 0) is 13.0 Å². The Balaban J connectivity index is 1.57. The van der Waals surface area contributed by atoms with Crippen molar-refractivity contribution in [1.29, 1.82) is 0 Å². The standard InChI is InChI=1S/C21H24F2N2O4/c1-13(12-29-18-5-4-16(22)10-17(18)23)24-21(26)25-7-6-14-8-19(27-2)20(28-3)9-15(14)11-25/h4-5,8-10,13H,6-7,11-12H2,1-3H3,(H,24,26). The smallest absolute Gasteiger partial charge is 0.318 e. The zero-order chi connectivity index (χ0) is 21.0. The first-order valence-corrected chi connectivity index (χ1v) is 9.28. The van der Waals surface area contributed by atoms with Gasteiger partial charge in [0.05, 0.1) is 20.3 Å². The molecular weight excluding hydrogens is 382 g/mol. The molecule has 0 bridgehead atoms. The molecule has 0 saturated carbocycles. The summed E-state index contributed by atoms with van der Waals surface area (Å²) in [5.74, 6) is -0.212. The molecule has 1 N–H and O–H groups in total. The summed E-state index contributed by atoms with van der Waals surface area (Å²) in [5.41, 5.74) is 2.12. The maximum absolute atomic E-state index is 13.6. The van der Waals surface area contributed by atoms with Crippen molar-refractivity contribution in [2.75, 3.05) is 27.4 Å². The molecule has 0 saturated heterocycles. The Morgan fingerprint density at radius 3 is 2.45 bits per heavy atom. The maximum Gasteiger partial charge on any atom is 0.318 e. The van der Waals surface area contributed by atoms with Gasteiger partial charge in [-0.25, -0.2) is 13.6 Å². The number of methoxy groups -OCH3 is 2. The van der Waals surface area contributed by atoms with E-state index >= 15 is 0 Å². The van der Waals surface area contributed by atoms with E-state index in [4.69, 9.17) is 14.2 Å². The molecule has 0 spiro atoms. The molecule has 1 aliphatic heterocycles. The summed E-state index contributed by atoms with van der Waals surface area (Å²) >= 11 is 0. The van der Waals surface area contributed by atoms with E-state index < -0.39 is 11.6 Å². The van der Waals surface area contributed by atoms with Gasteiger partial charge in [0.1, 0.15) is 12.4 Å². The summed E-state index contributed by atoms with van der Waals surface area (Å²) in [6.07, 6.45) is 0.703. The first-order chi connectivity index (χ1) is 13.9. The number of urea groups is 1. The quantitative estimate of drug-likeness (QED) is 0.798. The van der Waals surface area contributed by atoms with Gasteiger partial charge < -0.3 is 24.4 Å². The molecule has 8 heteroatoms. The lowest BCUT2D eigenvalue weighted by Crippen LogP contribution is -2.47. The molecule has 1 aliphatic rings. The summed E-state index contributed by atoms with van der Waals surface area (Å²) in [7, 11) is 3.16. The van der Waals surface area contributed by atoms with Gasteiger partial charge in [0, 0.05) is 19.2 Å². The number of ether oxygens (including phenoxy) is 3. The number of fused-ring (bicyclic) bond motifs is 1. The second-order valence-electron chi connectivity index (χ2n) is 6.88. The van der Waals surface area contributed by atoms with E-state index in [1.54, 1.807) is 26.0 Å². The van der Waals surface area contributed by atoms with Gasteiger partial charge in [-0.05, 0) is 48.7 Å². The van der Waals surface area contributed by atoms with Gasteiger partial charge in [0.15, 0.2) is 23.1 Å². The fourth-order valence-electron chi connectivity index (χ4n) is 3.21. The third-order valence-electron chi connectivity index (χ3n) is 4.76. The minimum absolute atomic E-state index is 0.0551. The molecule has 156 valence electrons. The number of hydrogen-bond acceptors (Lipinski definition) is 4. The predicted octanol–water partition coefficient (Wildman–Crippen LogP) is 3.52. The highest BCUT2D eigenvalue weighted by Gasteiger charge is 2.24. The topological polar surface area (TPSA) is 60.0 Å². The summed E-state index contributed by atoms with van der Waals surface area (Å²) in [6.45, 7) is 2.82. The number of carbonyl (C=O) groups excluding carboxylic acids is 1. The number of hydrogen-bond donors (Lipinski definition) is 1. The van der Waals surface area contributed by atoms with Crippen LogP contribution in [0.4, 0.5) is 13.6 Å². The van der Waals surface area contributed by atoms with Crippen LogP contribution in [0, 0.1) is 11.6 Å². The predicted molar refractivity (Wildman–Crippen MR) is 104 cm³/mol. The summed E-state index contributed by atoms with van der Waals surface area (Å²) in [4.78, 5) is 14.3. The van der Waals surface area contributed by atoms with E-state index in [0.717, 1.165) is 23.3 Å². The van der Waals surface area contributed by atoms with Gasteiger partial charge in [0.25, 0.3) is 0 Å². The van der Waals surface area contributed by atoms with E-state index in [1.165, 1.54) is 6.07 Å². The van der Waals surface area contributed by atoms with Crippen LogP contribution in [0.25, 0.3) is 0 Å². The Hall–Kier alpha value is -3.03. The minimum atomic E-state index is -0.777. The zero-order valence-corrected chi connectivity index (χ0v) is 16.6. The molecule has 29 heavy (non-hydrogen) atoms. The first kappa shape index (κ1) is 20.7. The van der Waals surface area contributed by atoms with Crippen molar-refractivity contribution < 1.29 is 27.8 Å². The van der Waals surface area contributed by atoms with Crippen LogP contribution in [0.2, 0.25) is 0 Å². The fraction of sp³-hybridized carbons (Fsp3) is 0.381. The number of halogens is 2. The average Bonchev–Trinajstić information content (AvgIpc) is 2.71. The second kappa shape index (κ2) is 8.98. The monoisotopic (exact) mass is 406 g/mol. The molecule has 3 rings (SSSR count). The van der Waals surface area contributed by atoms with Crippen molar-refractivity contribution in [3.63, 3.8) is 0 Å². The average molecular weight is 406 g/mol. The van der Waals surface area contributed by atoms with Gasteiger partial charge in [-0.2, -0.15) is 0 Å². The van der Waals surface area contributed by atoms with Crippen molar-refractivity contribution in [2.24, 2.45) is 0 Å². The van der Waals surface area contributed by atoms with Crippen molar-refractivity contribution in [1.82, 2.24) is 10.2 Å². The summed E-state index contributed by atoms with van der Waals surface area (Å²) in [6, 6.07) is 6.33. The van der Waals surface area contributed by atoms with Crippen molar-refractivity contribution in [2.45, 2.75) is 25.9 Å². The van der Waals surface area contributed by atoms with Gasteiger partial charge in [-0.3, -0.25) is 0 Å². The molecule has 1 atom stereocenters. The van der Waals surface area contributed by atoms with Crippen molar-refractivity contribution >= 4 is 6.03 Å². The third kappa shape index (κ3) is 4.88. The minimum Gasteiger partial charge on any atom is -0.493 e. The summed E-state index contributed by atoms with van der Waals surface area (Å²) < 4.78 is 42.6. The molecule has 1 heterocycles.